The summed E-state index contributed by atoms with van der Waals surface area (Å²) in [5.41, 5.74) is -4.95. The maximum absolute atomic E-state index is 15.7. The van der Waals surface area contributed by atoms with Gasteiger partial charge in [-0.05, 0) is 24.3 Å². The van der Waals surface area contributed by atoms with Crippen molar-refractivity contribution >= 4 is 34.2 Å². The molecule has 1 aliphatic heterocycles. The molecule has 0 spiro atoms. The van der Waals surface area contributed by atoms with Crippen LogP contribution in [0.15, 0.2) is 34.0 Å². The van der Waals surface area contributed by atoms with Crippen molar-refractivity contribution in [2.24, 2.45) is 0 Å². The molecule has 182 valence electrons. The zero-order chi connectivity index (χ0) is 24.7. The van der Waals surface area contributed by atoms with E-state index in [1.165, 1.54) is 6.92 Å². The molecule has 20 heteroatoms. The molecule has 15 nitrogen and oxygen atoms in total. The molecule has 32 heavy (non-hydrogen) atoms. The van der Waals surface area contributed by atoms with Crippen molar-refractivity contribution in [1.82, 2.24) is 9.55 Å². The first-order chi connectivity index (χ1) is 14.4. The Kier molecular flexibility index (Phi) is 8.02. The van der Waals surface area contributed by atoms with Crippen molar-refractivity contribution in [2.75, 3.05) is 6.61 Å². The fourth-order valence-electron chi connectivity index (χ4n) is 2.70. The summed E-state index contributed by atoms with van der Waals surface area (Å²) in [5.74, 6) is 0. The van der Waals surface area contributed by atoms with Crippen LogP contribution >= 0.6 is 22.4 Å². The van der Waals surface area contributed by atoms with E-state index in [4.69, 9.17) is 19.0 Å². The summed E-state index contributed by atoms with van der Waals surface area (Å²) in [6.07, 6.45) is -4.70. The second kappa shape index (κ2) is 9.39. The molecule has 1 saturated heterocycles. The number of ether oxygens (including phenoxy) is 1. The van der Waals surface area contributed by atoms with E-state index in [2.05, 4.69) is 27.0 Å². The average molecular weight is 542 g/mol. The van der Waals surface area contributed by atoms with Gasteiger partial charge in [-0.25, -0.2) is 22.6 Å². The van der Waals surface area contributed by atoms with Crippen LogP contribution in [-0.4, -0.2) is 58.7 Å². The van der Waals surface area contributed by atoms with Crippen LogP contribution in [0.2, 0.25) is 0 Å². The molecule has 1 fully saturated rings. The van der Waals surface area contributed by atoms with Crippen LogP contribution < -0.4 is 11.2 Å². The zero-order valence-corrected chi connectivity index (χ0v) is 19.4. The van der Waals surface area contributed by atoms with Crippen molar-refractivity contribution < 1.29 is 56.1 Å². The number of rotatable bonds is 9. The van der Waals surface area contributed by atoms with E-state index < -0.39 is 64.3 Å². The molecule has 1 aromatic rings. The van der Waals surface area contributed by atoms with Gasteiger partial charge in [0.1, 0.15) is 12.2 Å². The first kappa shape index (κ1) is 27.3. The van der Waals surface area contributed by atoms with E-state index in [9.17, 15) is 33.6 Å². The van der Waals surface area contributed by atoms with Crippen LogP contribution in [0.3, 0.4) is 0 Å². The van der Waals surface area contributed by atoms with E-state index in [-0.39, 0.29) is 5.57 Å². The van der Waals surface area contributed by atoms with Gasteiger partial charge in [0.15, 0.2) is 6.23 Å². The van der Waals surface area contributed by atoms with E-state index in [1.807, 2.05) is 4.98 Å². The lowest BCUT2D eigenvalue weighted by Crippen LogP contribution is -2.46. The van der Waals surface area contributed by atoms with Gasteiger partial charge in [0.25, 0.3) is 5.56 Å². The molecule has 6 N–H and O–H groups in total. The van der Waals surface area contributed by atoms with Crippen LogP contribution in [0, 0.1) is 0 Å². The molecule has 1 aromatic heterocycles. The molecule has 0 saturated carbocycles. The fraction of sp³-hybridized carbons (Fsp3) is 0.500. The normalized spacial score (nSPS) is 29.9. The molecular formula is C12H18FN2O13P3S. The molecule has 2 heterocycles. The highest BCUT2D eigenvalue weighted by Crippen LogP contribution is 2.66. The lowest BCUT2D eigenvalue weighted by Gasteiger charge is -2.29. The van der Waals surface area contributed by atoms with E-state index >= 15 is 4.39 Å². The Morgan fingerprint density at radius 1 is 1.34 bits per heavy atom. The number of halogens is 1. The van der Waals surface area contributed by atoms with Crippen molar-refractivity contribution in [3.8, 4) is 0 Å². The highest BCUT2D eigenvalue weighted by atomic mass is 32.5. The third-order valence-corrected chi connectivity index (χ3v) is 8.74. The summed E-state index contributed by atoms with van der Waals surface area (Å²) >= 11 is 4.43. The highest BCUT2D eigenvalue weighted by molar-refractivity contribution is 8.08. The standard InChI is InChI=1S/C12H18FN2O13P3S/c1-6(2)12(13)9(17)7(26-10(12)15-4-3-8(16)14-11(15)18)5-25-31(24,32)28-30(22,23)27-29(19,20)21/h3-4,7,9-10,17H,1,5H2,2H3,(H,22,23)(H,24,32)(H,14,16,18)(H2,19,20,21)/t7-,9-,10-,12-,31?/m1/s1. The summed E-state index contributed by atoms with van der Waals surface area (Å²) in [4.78, 5) is 61.4. The van der Waals surface area contributed by atoms with Crippen LogP contribution in [-0.2, 0) is 38.8 Å². The number of nitrogens with one attached hydrogen (secondary N) is 1. The number of aromatic nitrogens is 2. The van der Waals surface area contributed by atoms with Crippen LogP contribution in [0.1, 0.15) is 13.2 Å². The molecule has 0 amide bonds. The number of phosphoric acid groups is 2. The Labute approximate surface area is 183 Å². The molecule has 0 bridgehead atoms. The molecule has 2 unspecified atom stereocenters. The molecule has 0 aliphatic carbocycles. The number of alkyl halides is 1. The third-order valence-electron chi connectivity index (χ3n) is 4.02. The quantitative estimate of drug-likeness (QED) is 0.171. The van der Waals surface area contributed by atoms with Crippen molar-refractivity contribution in [2.45, 2.75) is 31.0 Å². The summed E-state index contributed by atoms with van der Waals surface area (Å²) in [6.45, 7) is -1.13. The van der Waals surface area contributed by atoms with E-state index in [0.717, 1.165) is 12.3 Å². The van der Waals surface area contributed by atoms with Gasteiger partial charge in [0, 0.05) is 12.3 Å². The molecule has 0 aromatic carbocycles. The topological polar surface area (TPSA) is 227 Å². The van der Waals surface area contributed by atoms with Crippen molar-refractivity contribution in [3.05, 3.63) is 45.3 Å². The Morgan fingerprint density at radius 3 is 2.44 bits per heavy atom. The molecule has 1 aliphatic rings. The lowest BCUT2D eigenvalue weighted by atomic mass is 9.89. The largest absolute Gasteiger partial charge is 0.488 e. The number of aliphatic hydroxyl groups is 1. The number of nitrogens with zero attached hydrogens (tertiary/aromatic N) is 1. The average Bonchev–Trinajstić information content (AvgIpc) is 2.83. The Morgan fingerprint density at radius 2 is 1.94 bits per heavy atom. The minimum absolute atomic E-state index is 0.287. The Hall–Kier alpha value is -0.900. The number of aromatic amines is 1. The minimum Gasteiger partial charge on any atom is -0.386 e. The van der Waals surface area contributed by atoms with Gasteiger partial charge in [-0.2, -0.15) is 4.31 Å². The van der Waals surface area contributed by atoms with Gasteiger partial charge in [0.2, 0.25) is 5.67 Å². The smallest absolute Gasteiger partial charge is 0.386 e. The molecular weight excluding hydrogens is 524 g/mol. The summed E-state index contributed by atoms with van der Waals surface area (Å²) < 4.78 is 56.1. The summed E-state index contributed by atoms with van der Waals surface area (Å²) in [5, 5.41) is 10.4. The number of hydrogen-bond donors (Lipinski definition) is 6. The number of hydrogen-bond acceptors (Lipinski definition) is 10. The number of aliphatic hydroxyl groups excluding tert-OH is 1. The second-order valence-corrected chi connectivity index (χ2v) is 12.2. The van der Waals surface area contributed by atoms with Gasteiger partial charge < -0.3 is 33.9 Å². The SMILES string of the molecule is C=C(C)[C@@]1(F)[C@H](O)[C@@H](COP(O)(=S)OP(=O)(O)OP(=O)(O)O)O[C@H]1n1ccc(=O)[nH]c1=O. The van der Waals surface area contributed by atoms with Gasteiger partial charge in [-0.1, -0.05) is 6.58 Å². The minimum atomic E-state index is -5.59. The van der Waals surface area contributed by atoms with Crippen molar-refractivity contribution in [1.29, 1.82) is 0 Å². The predicted octanol–water partition coefficient (Wildman–Crippen LogP) is -0.461. The fourth-order valence-corrected chi connectivity index (χ4v) is 6.67. The van der Waals surface area contributed by atoms with Gasteiger partial charge in [-0.3, -0.25) is 14.3 Å². The predicted molar refractivity (Wildman–Crippen MR) is 106 cm³/mol. The van der Waals surface area contributed by atoms with Crippen molar-refractivity contribution in [3.63, 3.8) is 0 Å². The summed E-state index contributed by atoms with van der Waals surface area (Å²) in [6, 6.07) is 0.890. The first-order valence-electron chi connectivity index (χ1n) is 8.16. The zero-order valence-electron chi connectivity index (χ0n) is 15.9. The number of H-pyrrole nitrogens is 1. The lowest BCUT2D eigenvalue weighted by molar-refractivity contribution is -0.0551. The van der Waals surface area contributed by atoms with Gasteiger partial charge in [0.05, 0.1) is 6.61 Å². The molecule has 6 atom stereocenters. The molecule has 0 radical (unpaired) electrons. The second-order valence-electron chi connectivity index (χ2n) is 6.42. The van der Waals surface area contributed by atoms with E-state index in [1.54, 1.807) is 0 Å². The maximum atomic E-state index is 15.7. The Bertz CT molecular complexity index is 1150. The molecule has 2 rings (SSSR count). The van der Waals surface area contributed by atoms with Crippen LogP contribution in [0.5, 0.6) is 0 Å². The van der Waals surface area contributed by atoms with Crippen LogP contribution in [0.25, 0.3) is 0 Å². The first-order valence-corrected chi connectivity index (χ1v) is 13.8. The third kappa shape index (κ3) is 6.36. The maximum Gasteiger partial charge on any atom is 0.488 e. The van der Waals surface area contributed by atoms with E-state index in [0.29, 0.717) is 4.57 Å². The van der Waals surface area contributed by atoms with Gasteiger partial charge >= 0.3 is 28.1 Å². The summed E-state index contributed by atoms with van der Waals surface area (Å²) in [7, 11) is -11.1. The monoisotopic (exact) mass is 542 g/mol. The Balaban J connectivity index is 2.24. The van der Waals surface area contributed by atoms with Crippen LogP contribution in [0.4, 0.5) is 4.39 Å². The van der Waals surface area contributed by atoms with Gasteiger partial charge in [-0.15, -0.1) is 0 Å². The highest BCUT2D eigenvalue weighted by Gasteiger charge is 2.59.